The molecule has 0 aromatic carbocycles. The van der Waals surface area contributed by atoms with Crippen molar-refractivity contribution in [1.29, 1.82) is 0 Å². The third-order valence-corrected chi connectivity index (χ3v) is 2.93. The summed E-state index contributed by atoms with van der Waals surface area (Å²) in [6.45, 7) is -0.121. The van der Waals surface area contributed by atoms with Gasteiger partial charge < -0.3 is 5.21 Å². The van der Waals surface area contributed by atoms with Crippen LogP contribution in [0.25, 0.3) is 5.82 Å². The van der Waals surface area contributed by atoms with E-state index in [1.807, 2.05) is 0 Å². The molecule has 2 aromatic heterocycles. The molecule has 0 aliphatic carbocycles. The van der Waals surface area contributed by atoms with Gasteiger partial charge in [-0.25, -0.2) is 9.52 Å². The highest BCUT2D eigenvalue weighted by molar-refractivity contribution is 5.29. The molecular formula is C12H12F4N4O2. The molecule has 0 amide bonds. The Bertz CT molecular complexity index is 753. The fraction of sp³-hybridized carbons (Fsp3) is 0.417. The van der Waals surface area contributed by atoms with Crippen LogP contribution in [0.2, 0.25) is 0 Å². The molecule has 0 unspecified atom stereocenters. The third-order valence-electron chi connectivity index (χ3n) is 2.93. The lowest BCUT2D eigenvalue weighted by Crippen LogP contribution is -2.38. The van der Waals surface area contributed by atoms with Gasteiger partial charge in [0, 0.05) is 12.5 Å². The number of rotatable bonds is 3. The fourth-order valence-corrected chi connectivity index (χ4v) is 2.12. The van der Waals surface area contributed by atoms with Crippen LogP contribution in [0.4, 0.5) is 17.6 Å². The maximum absolute atomic E-state index is 13.4. The molecule has 0 radical (unpaired) electrons. The van der Waals surface area contributed by atoms with Gasteiger partial charge >= 0.3 is 24.0 Å². The summed E-state index contributed by atoms with van der Waals surface area (Å²) in [4.78, 5) is 12.0. The molecule has 6 nitrogen and oxygen atoms in total. The highest BCUT2D eigenvalue weighted by Crippen LogP contribution is 2.27. The molecule has 2 rings (SSSR count). The first-order chi connectivity index (χ1) is 10.0. The van der Waals surface area contributed by atoms with Crippen LogP contribution in [0.3, 0.4) is 0 Å². The predicted molar refractivity (Wildman–Crippen MR) is 67.1 cm³/mol. The number of aromatic nitrogens is 4. The second-order valence-electron chi connectivity index (χ2n) is 4.90. The largest absolute Gasteiger partial charge is 0.711 e. The van der Waals surface area contributed by atoms with Crippen LogP contribution in [0.15, 0.2) is 17.1 Å². The van der Waals surface area contributed by atoms with Gasteiger partial charge in [-0.15, -0.1) is 0 Å². The van der Waals surface area contributed by atoms with Crippen molar-refractivity contribution in [2.45, 2.75) is 33.2 Å². The lowest BCUT2D eigenvalue weighted by molar-refractivity contribution is -0.601. The Hall–Kier alpha value is -2.39. The van der Waals surface area contributed by atoms with Crippen LogP contribution in [0.5, 0.6) is 0 Å². The quantitative estimate of drug-likeness (QED) is 0.492. The van der Waals surface area contributed by atoms with Crippen molar-refractivity contribution in [2.75, 3.05) is 0 Å². The van der Waals surface area contributed by atoms with Gasteiger partial charge in [0.1, 0.15) is 0 Å². The summed E-state index contributed by atoms with van der Waals surface area (Å²) < 4.78 is 52.7. The Balaban J connectivity index is 2.82. The Morgan fingerprint density at radius 2 is 1.95 bits per heavy atom. The van der Waals surface area contributed by atoms with Gasteiger partial charge in [-0.1, -0.05) is 5.10 Å². The molecule has 0 fully saturated rings. The lowest BCUT2D eigenvalue weighted by atomic mass is 10.2. The number of halogens is 4. The highest BCUT2D eigenvalue weighted by atomic mass is 19.3. The fourth-order valence-electron chi connectivity index (χ4n) is 2.12. The van der Waals surface area contributed by atoms with Gasteiger partial charge in [0.15, 0.2) is 0 Å². The van der Waals surface area contributed by atoms with E-state index in [1.165, 1.54) is 13.0 Å². The number of hydrogen-bond acceptors (Lipinski definition) is 3. The molecule has 0 aliphatic rings. The summed E-state index contributed by atoms with van der Waals surface area (Å²) in [5, 5.41) is 15.1. The summed E-state index contributed by atoms with van der Waals surface area (Å²) in [7, 11) is 0. The second kappa shape index (κ2) is 5.11. The van der Waals surface area contributed by atoms with E-state index in [1.54, 1.807) is 6.92 Å². The van der Waals surface area contributed by atoms with E-state index >= 15 is 0 Å². The van der Waals surface area contributed by atoms with E-state index < -0.39 is 34.4 Å². The van der Waals surface area contributed by atoms with E-state index in [0.29, 0.717) is 12.5 Å². The Kier molecular flexibility index (Phi) is 3.71. The number of hydrogen-bond donors (Lipinski definition) is 0. The molecule has 0 N–H and O–H groups in total. The summed E-state index contributed by atoms with van der Waals surface area (Å²) in [6.07, 6.45) is 1.08. The SMILES string of the molecule is Cc1cc(C)c(-n2nc(C(C)(F)F)n(C(F)F)c2=O)[n+]([O-])c1. The molecule has 120 valence electrons. The van der Waals surface area contributed by atoms with Gasteiger partial charge in [0.25, 0.3) is 0 Å². The van der Waals surface area contributed by atoms with Gasteiger partial charge in [-0.05, 0) is 30.2 Å². The minimum absolute atomic E-state index is 0.229. The minimum atomic E-state index is -3.77. The average Bonchev–Trinajstić information content (AvgIpc) is 2.66. The van der Waals surface area contributed by atoms with E-state index in [9.17, 15) is 27.6 Å². The smallest absolute Gasteiger partial charge is 0.447 e. The third kappa shape index (κ3) is 2.55. The maximum atomic E-state index is 13.4. The zero-order valence-electron chi connectivity index (χ0n) is 11.8. The zero-order valence-corrected chi connectivity index (χ0v) is 11.8. The number of alkyl halides is 4. The van der Waals surface area contributed by atoms with Crippen LogP contribution in [-0.4, -0.2) is 14.3 Å². The number of aryl methyl sites for hydroxylation is 2. The van der Waals surface area contributed by atoms with Crippen molar-refractivity contribution in [1.82, 2.24) is 14.3 Å². The number of nitrogens with zero attached hydrogens (tertiary/aromatic N) is 4. The first-order valence-electron chi connectivity index (χ1n) is 6.13. The van der Waals surface area contributed by atoms with Crippen molar-refractivity contribution in [2.24, 2.45) is 0 Å². The van der Waals surface area contributed by atoms with Crippen LogP contribution < -0.4 is 10.4 Å². The van der Waals surface area contributed by atoms with Crippen molar-refractivity contribution in [3.63, 3.8) is 0 Å². The van der Waals surface area contributed by atoms with E-state index in [-0.39, 0.29) is 15.0 Å². The van der Waals surface area contributed by atoms with E-state index in [0.717, 1.165) is 6.20 Å². The van der Waals surface area contributed by atoms with Crippen molar-refractivity contribution >= 4 is 0 Å². The molecule has 2 heterocycles. The molecule has 0 aliphatic heterocycles. The Labute approximate surface area is 121 Å². The van der Waals surface area contributed by atoms with Crippen molar-refractivity contribution in [3.05, 3.63) is 44.9 Å². The van der Waals surface area contributed by atoms with Gasteiger partial charge in [-0.2, -0.15) is 22.1 Å². The monoisotopic (exact) mass is 320 g/mol. The molecule has 0 spiro atoms. The standard InChI is InChI=1S/C12H12F4N4O2/c1-6-4-7(2)8(18(22)5-6)20-11(21)19(10(13)14)9(17-20)12(3,15)16/h4-5,10H,1-3H3. The van der Waals surface area contributed by atoms with E-state index in [2.05, 4.69) is 5.10 Å². The Morgan fingerprint density at radius 1 is 1.36 bits per heavy atom. The molecule has 0 saturated heterocycles. The molecule has 0 atom stereocenters. The normalized spacial score (nSPS) is 12.2. The maximum Gasteiger partial charge on any atom is 0.447 e. The van der Waals surface area contributed by atoms with Crippen LogP contribution >= 0.6 is 0 Å². The summed E-state index contributed by atoms with van der Waals surface area (Å²) in [5.41, 5.74) is -0.719. The zero-order chi connectivity index (χ0) is 16.8. The van der Waals surface area contributed by atoms with Crippen molar-refractivity contribution < 1.29 is 22.3 Å². The molecular weight excluding hydrogens is 308 g/mol. The van der Waals surface area contributed by atoms with Crippen LogP contribution in [0.1, 0.15) is 30.4 Å². The Morgan fingerprint density at radius 3 is 2.36 bits per heavy atom. The summed E-state index contributed by atoms with van der Waals surface area (Å²) >= 11 is 0. The minimum Gasteiger partial charge on any atom is -0.711 e. The topological polar surface area (TPSA) is 66.8 Å². The van der Waals surface area contributed by atoms with Crippen molar-refractivity contribution in [3.8, 4) is 5.82 Å². The van der Waals surface area contributed by atoms with Crippen LogP contribution in [-0.2, 0) is 5.92 Å². The summed E-state index contributed by atoms with van der Waals surface area (Å²) in [5.74, 6) is -5.58. The lowest BCUT2D eigenvalue weighted by Gasteiger charge is -2.09. The van der Waals surface area contributed by atoms with Gasteiger partial charge in [0.2, 0.25) is 5.82 Å². The van der Waals surface area contributed by atoms with E-state index in [4.69, 9.17) is 0 Å². The second-order valence-corrected chi connectivity index (χ2v) is 4.90. The first kappa shape index (κ1) is 16.0. The molecule has 0 bridgehead atoms. The predicted octanol–water partition coefficient (Wildman–Crippen LogP) is 1.79. The number of pyridine rings is 1. The molecule has 22 heavy (non-hydrogen) atoms. The summed E-state index contributed by atoms with van der Waals surface area (Å²) in [6, 6.07) is 1.50. The molecule has 0 saturated carbocycles. The molecule has 2 aromatic rings. The first-order valence-corrected chi connectivity index (χ1v) is 6.13. The molecule has 10 heteroatoms. The van der Waals surface area contributed by atoms with Gasteiger partial charge in [0.05, 0.1) is 6.20 Å². The highest BCUT2D eigenvalue weighted by Gasteiger charge is 2.40. The van der Waals surface area contributed by atoms with Crippen LogP contribution in [0, 0.1) is 19.1 Å². The van der Waals surface area contributed by atoms with Gasteiger partial charge in [-0.3, -0.25) is 0 Å². The average molecular weight is 320 g/mol.